The zero-order chi connectivity index (χ0) is 16.6. The van der Waals surface area contributed by atoms with Crippen molar-refractivity contribution in [2.45, 2.75) is 6.92 Å². The summed E-state index contributed by atoms with van der Waals surface area (Å²) in [6, 6.07) is 5.48. The van der Waals surface area contributed by atoms with E-state index in [-0.39, 0.29) is 12.5 Å². The summed E-state index contributed by atoms with van der Waals surface area (Å²) in [5.74, 6) is 0.0874. The van der Waals surface area contributed by atoms with E-state index >= 15 is 0 Å². The van der Waals surface area contributed by atoms with E-state index in [1.54, 1.807) is 11.0 Å². The van der Waals surface area contributed by atoms with Crippen LogP contribution in [-0.2, 0) is 9.53 Å². The number of nitrogens with zero attached hydrogens (tertiary/aromatic N) is 1. The standard InChI is InChI=1S/C16H16N2O4S/c1-3-18-11-6-9(4-5-12(11)22-7-13(18)19)10-8-23-15(17)14(10)16(20)21-2/h4-6,8H,3,7,17H2,1-2H3. The molecular formula is C16H16N2O4S. The molecule has 2 heterocycles. The van der Waals surface area contributed by atoms with Gasteiger partial charge < -0.3 is 20.1 Å². The summed E-state index contributed by atoms with van der Waals surface area (Å²) in [7, 11) is 1.32. The van der Waals surface area contributed by atoms with E-state index in [0.29, 0.717) is 34.1 Å². The Morgan fingerprint density at radius 1 is 1.48 bits per heavy atom. The molecule has 7 heteroatoms. The Labute approximate surface area is 137 Å². The number of carbonyl (C=O) groups excluding carboxylic acids is 2. The van der Waals surface area contributed by atoms with Gasteiger partial charge in [0.2, 0.25) is 0 Å². The molecule has 0 bridgehead atoms. The second-order valence-electron chi connectivity index (χ2n) is 4.99. The molecule has 1 aromatic heterocycles. The number of likely N-dealkylation sites (N-methyl/N-ethyl adjacent to an activating group) is 1. The quantitative estimate of drug-likeness (QED) is 0.874. The number of nitrogens with two attached hydrogens (primary N) is 1. The molecule has 2 N–H and O–H groups in total. The van der Waals surface area contributed by atoms with Gasteiger partial charge in [-0.15, -0.1) is 11.3 Å². The summed E-state index contributed by atoms with van der Waals surface area (Å²) in [4.78, 5) is 25.6. The van der Waals surface area contributed by atoms with Gasteiger partial charge >= 0.3 is 5.97 Å². The number of hydrogen-bond acceptors (Lipinski definition) is 6. The van der Waals surface area contributed by atoms with Crippen molar-refractivity contribution in [2.75, 3.05) is 30.9 Å². The van der Waals surface area contributed by atoms with Crippen molar-refractivity contribution >= 4 is 33.9 Å². The number of rotatable bonds is 3. The molecule has 0 radical (unpaired) electrons. The smallest absolute Gasteiger partial charge is 0.341 e. The Hall–Kier alpha value is -2.54. The van der Waals surface area contributed by atoms with Gasteiger partial charge in [-0.25, -0.2) is 4.79 Å². The van der Waals surface area contributed by atoms with Gasteiger partial charge in [-0.3, -0.25) is 4.79 Å². The Morgan fingerprint density at radius 2 is 2.26 bits per heavy atom. The fourth-order valence-electron chi connectivity index (χ4n) is 2.61. The Bertz CT molecular complexity index is 784. The summed E-state index contributed by atoms with van der Waals surface area (Å²) >= 11 is 1.28. The molecule has 1 aliphatic rings. The summed E-state index contributed by atoms with van der Waals surface area (Å²) in [6.07, 6.45) is 0. The van der Waals surface area contributed by atoms with Crippen LogP contribution < -0.4 is 15.4 Å². The van der Waals surface area contributed by atoms with Gasteiger partial charge in [-0.05, 0) is 24.6 Å². The summed E-state index contributed by atoms with van der Waals surface area (Å²) in [5, 5.41) is 2.22. The third kappa shape index (κ3) is 2.53. The van der Waals surface area contributed by atoms with Crippen LogP contribution in [0.25, 0.3) is 11.1 Å². The molecule has 0 saturated carbocycles. The minimum Gasteiger partial charge on any atom is -0.482 e. The van der Waals surface area contributed by atoms with Crippen LogP contribution in [0.1, 0.15) is 17.3 Å². The number of fused-ring (bicyclic) bond motifs is 1. The van der Waals surface area contributed by atoms with Crippen LogP contribution in [0.15, 0.2) is 23.6 Å². The van der Waals surface area contributed by atoms with Crippen molar-refractivity contribution in [1.29, 1.82) is 0 Å². The number of carbonyl (C=O) groups is 2. The molecule has 0 saturated heterocycles. The number of thiophene rings is 1. The maximum Gasteiger partial charge on any atom is 0.341 e. The molecule has 6 nitrogen and oxygen atoms in total. The van der Waals surface area contributed by atoms with Crippen LogP contribution in [0, 0.1) is 0 Å². The Balaban J connectivity index is 2.11. The lowest BCUT2D eigenvalue weighted by molar-refractivity contribution is -0.121. The van der Waals surface area contributed by atoms with Crippen LogP contribution >= 0.6 is 11.3 Å². The van der Waals surface area contributed by atoms with Crippen molar-refractivity contribution < 1.29 is 19.1 Å². The molecule has 1 amide bonds. The molecule has 1 aromatic carbocycles. The number of hydrogen-bond donors (Lipinski definition) is 1. The second kappa shape index (κ2) is 5.92. The summed E-state index contributed by atoms with van der Waals surface area (Å²) in [5.41, 5.74) is 8.42. The number of amides is 1. The third-order valence-electron chi connectivity index (χ3n) is 3.74. The van der Waals surface area contributed by atoms with Crippen molar-refractivity contribution in [1.82, 2.24) is 0 Å². The number of esters is 1. The van der Waals surface area contributed by atoms with E-state index in [1.807, 2.05) is 24.4 Å². The molecule has 0 fully saturated rings. The first-order chi connectivity index (χ1) is 11.1. The number of anilines is 2. The van der Waals surface area contributed by atoms with Gasteiger partial charge in [0.05, 0.1) is 12.8 Å². The molecule has 120 valence electrons. The number of methoxy groups -OCH3 is 1. The molecule has 2 aromatic rings. The first kappa shape index (κ1) is 15.4. The maximum atomic E-state index is 12.0. The van der Waals surface area contributed by atoms with Gasteiger partial charge in [0.15, 0.2) is 6.61 Å². The molecule has 0 atom stereocenters. The van der Waals surface area contributed by atoms with Crippen LogP contribution in [0.5, 0.6) is 5.75 Å². The highest BCUT2D eigenvalue weighted by atomic mass is 32.1. The molecule has 3 rings (SSSR count). The van der Waals surface area contributed by atoms with Gasteiger partial charge in [0.1, 0.15) is 16.3 Å². The van der Waals surface area contributed by atoms with Crippen LogP contribution in [0.3, 0.4) is 0 Å². The first-order valence-electron chi connectivity index (χ1n) is 7.09. The molecular weight excluding hydrogens is 316 g/mol. The number of benzene rings is 1. The maximum absolute atomic E-state index is 12.0. The second-order valence-corrected chi connectivity index (χ2v) is 5.90. The normalized spacial score (nSPS) is 13.5. The molecule has 23 heavy (non-hydrogen) atoms. The summed E-state index contributed by atoms with van der Waals surface area (Å²) in [6.45, 7) is 2.50. The largest absolute Gasteiger partial charge is 0.482 e. The molecule has 0 unspecified atom stereocenters. The number of ether oxygens (including phenoxy) is 2. The average Bonchev–Trinajstić information content (AvgIpc) is 2.95. The zero-order valence-electron chi connectivity index (χ0n) is 12.8. The van der Waals surface area contributed by atoms with E-state index in [4.69, 9.17) is 15.2 Å². The van der Waals surface area contributed by atoms with Crippen molar-refractivity contribution in [3.63, 3.8) is 0 Å². The van der Waals surface area contributed by atoms with Crippen molar-refractivity contribution in [2.24, 2.45) is 0 Å². The van der Waals surface area contributed by atoms with Gasteiger partial charge in [0, 0.05) is 17.5 Å². The highest BCUT2D eigenvalue weighted by Crippen LogP contribution is 2.39. The zero-order valence-corrected chi connectivity index (χ0v) is 13.6. The highest BCUT2D eigenvalue weighted by Gasteiger charge is 2.26. The highest BCUT2D eigenvalue weighted by molar-refractivity contribution is 7.14. The van der Waals surface area contributed by atoms with Gasteiger partial charge in [-0.2, -0.15) is 0 Å². The predicted octanol–water partition coefficient (Wildman–Crippen LogP) is 2.53. The lowest BCUT2D eigenvalue weighted by Gasteiger charge is -2.28. The monoisotopic (exact) mass is 332 g/mol. The predicted molar refractivity (Wildman–Crippen MR) is 89.0 cm³/mol. The molecule has 1 aliphatic heterocycles. The minimum atomic E-state index is -0.476. The third-order valence-corrected chi connectivity index (χ3v) is 4.55. The lowest BCUT2D eigenvalue weighted by Crippen LogP contribution is -2.38. The Morgan fingerprint density at radius 3 is 2.96 bits per heavy atom. The van der Waals surface area contributed by atoms with E-state index in [0.717, 1.165) is 5.56 Å². The topological polar surface area (TPSA) is 81.9 Å². The molecule has 0 spiro atoms. The lowest BCUT2D eigenvalue weighted by atomic mass is 10.0. The van der Waals surface area contributed by atoms with E-state index in [2.05, 4.69) is 0 Å². The van der Waals surface area contributed by atoms with Gasteiger partial charge in [-0.1, -0.05) is 6.07 Å². The minimum absolute atomic E-state index is 0.0407. The molecule has 0 aliphatic carbocycles. The summed E-state index contributed by atoms with van der Waals surface area (Å²) < 4.78 is 10.3. The fourth-order valence-corrected chi connectivity index (χ4v) is 3.42. The van der Waals surface area contributed by atoms with E-state index < -0.39 is 5.97 Å². The van der Waals surface area contributed by atoms with Gasteiger partial charge in [0.25, 0.3) is 5.91 Å². The van der Waals surface area contributed by atoms with Crippen molar-refractivity contribution in [3.05, 3.63) is 29.1 Å². The van der Waals surface area contributed by atoms with Crippen LogP contribution in [0.4, 0.5) is 10.7 Å². The van der Waals surface area contributed by atoms with Crippen LogP contribution in [0.2, 0.25) is 0 Å². The first-order valence-corrected chi connectivity index (χ1v) is 7.97. The van der Waals surface area contributed by atoms with E-state index in [9.17, 15) is 9.59 Å². The number of nitrogen functional groups attached to an aromatic ring is 1. The average molecular weight is 332 g/mol. The van der Waals surface area contributed by atoms with Crippen molar-refractivity contribution in [3.8, 4) is 16.9 Å². The SMILES string of the molecule is CCN1C(=O)COc2ccc(-c3csc(N)c3C(=O)OC)cc21. The Kier molecular flexibility index (Phi) is 3.96. The van der Waals surface area contributed by atoms with Crippen LogP contribution in [-0.4, -0.2) is 32.1 Å². The fraction of sp³-hybridized carbons (Fsp3) is 0.250. The van der Waals surface area contributed by atoms with E-state index in [1.165, 1.54) is 18.4 Å².